The smallest absolute Gasteiger partial charge is 0.315 e. The van der Waals surface area contributed by atoms with Gasteiger partial charge >= 0.3 is 6.03 Å². The lowest BCUT2D eigenvalue weighted by molar-refractivity contribution is -0.118. The summed E-state index contributed by atoms with van der Waals surface area (Å²) in [7, 11) is 1.24. The molecule has 1 unspecified atom stereocenters. The first kappa shape index (κ1) is 26.6. The van der Waals surface area contributed by atoms with E-state index in [0.29, 0.717) is 12.8 Å². The number of urea groups is 1. The Morgan fingerprint density at radius 3 is 2.30 bits per heavy atom. The molecule has 200 valence electrons. The van der Waals surface area contributed by atoms with Crippen LogP contribution in [0.1, 0.15) is 44.1 Å². The number of halogens is 5. The van der Waals surface area contributed by atoms with Crippen LogP contribution < -0.4 is 20.3 Å². The number of aromatic nitrogens is 1. The van der Waals surface area contributed by atoms with Crippen LogP contribution in [0.3, 0.4) is 0 Å². The molecule has 1 aromatic carbocycles. The monoisotopic (exact) mass is 526 g/mol. The van der Waals surface area contributed by atoms with Gasteiger partial charge in [-0.3, -0.25) is 9.69 Å². The van der Waals surface area contributed by atoms with Crippen LogP contribution in [0.15, 0.2) is 30.5 Å². The Labute approximate surface area is 210 Å². The van der Waals surface area contributed by atoms with Gasteiger partial charge in [0.05, 0.1) is 7.11 Å². The Bertz CT molecular complexity index is 1140. The Kier molecular flexibility index (Phi) is 7.84. The van der Waals surface area contributed by atoms with Crippen LogP contribution in [0.5, 0.6) is 5.75 Å². The molecule has 1 aliphatic heterocycles. The molecular formula is C25H27F5N4O3. The molecule has 1 aromatic heterocycles. The van der Waals surface area contributed by atoms with Gasteiger partial charge in [0.1, 0.15) is 23.4 Å². The van der Waals surface area contributed by atoms with E-state index in [4.69, 9.17) is 4.74 Å². The first-order chi connectivity index (χ1) is 17.6. The van der Waals surface area contributed by atoms with Gasteiger partial charge in [0.15, 0.2) is 11.6 Å². The summed E-state index contributed by atoms with van der Waals surface area (Å²) in [5.74, 6) is -6.02. The average molecular weight is 527 g/mol. The summed E-state index contributed by atoms with van der Waals surface area (Å²) in [6, 6.07) is 0.670. The van der Waals surface area contributed by atoms with Gasteiger partial charge in [0.2, 0.25) is 6.43 Å². The zero-order valence-corrected chi connectivity index (χ0v) is 20.2. The highest BCUT2D eigenvalue weighted by Crippen LogP contribution is 2.41. The molecule has 3 atom stereocenters. The molecule has 0 spiro atoms. The largest absolute Gasteiger partial charge is 0.497 e. The van der Waals surface area contributed by atoms with Gasteiger partial charge in [0.25, 0.3) is 5.91 Å². The first-order valence-corrected chi connectivity index (χ1v) is 11.9. The number of rotatable bonds is 6. The number of anilines is 1. The average Bonchev–Trinajstić information content (AvgIpc) is 3.08. The molecule has 2 fully saturated rings. The highest BCUT2D eigenvalue weighted by atomic mass is 19.3. The van der Waals surface area contributed by atoms with Gasteiger partial charge in [-0.2, -0.15) is 0 Å². The number of hydrogen-bond donors (Lipinski definition) is 2. The molecule has 1 aliphatic carbocycles. The van der Waals surface area contributed by atoms with Crippen molar-refractivity contribution in [3.63, 3.8) is 0 Å². The number of pyridine rings is 1. The van der Waals surface area contributed by atoms with Crippen molar-refractivity contribution in [2.24, 2.45) is 5.92 Å². The van der Waals surface area contributed by atoms with E-state index in [1.54, 1.807) is 0 Å². The number of benzene rings is 1. The second-order valence-electron chi connectivity index (χ2n) is 9.33. The molecule has 2 N–H and O–H groups in total. The number of nitrogens with zero attached hydrogens (tertiary/aromatic N) is 2. The number of hydrogen-bond acceptors (Lipinski definition) is 4. The van der Waals surface area contributed by atoms with E-state index in [1.165, 1.54) is 26.3 Å². The van der Waals surface area contributed by atoms with E-state index in [9.17, 15) is 22.8 Å². The van der Waals surface area contributed by atoms with Crippen LogP contribution in [-0.2, 0) is 4.79 Å². The molecule has 2 aliphatic rings. The van der Waals surface area contributed by atoms with Crippen LogP contribution in [0, 0.1) is 23.4 Å². The van der Waals surface area contributed by atoms with Crippen LogP contribution in [0.25, 0.3) is 0 Å². The maximum absolute atomic E-state index is 15.1. The fraction of sp³-hybridized carbons (Fsp3) is 0.480. The zero-order valence-electron chi connectivity index (χ0n) is 20.2. The predicted octanol–water partition coefficient (Wildman–Crippen LogP) is 4.52. The molecular weight excluding hydrogens is 499 g/mol. The number of amides is 3. The van der Waals surface area contributed by atoms with Crippen molar-refractivity contribution >= 4 is 17.8 Å². The first-order valence-electron chi connectivity index (χ1n) is 11.9. The van der Waals surface area contributed by atoms with Gasteiger partial charge in [-0.1, -0.05) is 0 Å². The van der Waals surface area contributed by atoms with Crippen molar-refractivity contribution in [3.8, 4) is 5.75 Å². The zero-order chi connectivity index (χ0) is 26.9. The third kappa shape index (κ3) is 5.33. The van der Waals surface area contributed by atoms with E-state index in [-0.39, 0.29) is 24.4 Å². The van der Waals surface area contributed by atoms with Gasteiger partial charge < -0.3 is 15.4 Å². The van der Waals surface area contributed by atoms with E-state index in [2.05, 4.69) is 15.6 Å². The van der Waals surface area contributed by atoms with Gasteiger partial charge in [-0.25, -0.2) is 31.7 Å². The number of ether oxygens (including phenoxy) is 1. The highest BCUT2D eigenvalue weighted by Gasteiger charge is 2.51. The number of carbonyl (C=O) groups excluding carboxylic acids is 2. The molecule has 1 saturated carbocycles. The SMILES string of the molecule is COc1cc(F)c([C@H]2C(NC(=O)N[C@H]3CC[C@H](C(F)F)CC3)C(=O)N(c3ncccc3F)[C@H]2C)c(F)c1. The summed E-state index contributed by atoms with van der Waals surface area (Å²) in [6.45, 7) is 1.48. The van der Waals surface area contributed by atoms with Crippen LogP contribution in [0.4, 0.5) is 32.6 Å². The van der Waals surface area contributed by atoms with E-state index < -0.39 is 71.3 Å². The molecule has 3 amide bonds. The van der Waals surface area contributed by atoms with Crippen molar-refractivity contribution in [3.05, 3.63) is 53.5 Å². The molecule has 0 bridgehead atoms. The van der Waals surface area contributed by atoms with E-state index in [0.717, 1.165) is 23.1 Å². The number of nitrogens with one attached hydrogen (secondary N) is 2. The summed E-state index contributed by atoms with van der Waals surface area (Å²) in [6.07, 6.45) is -0.0352. The predicted molar refractivity (Wildman–Crippen MR) is 124 cm³/mol. The number of methoxy groups -OCH3 is 1. The van der Waals surface area contributed by atoms with Crippen molar-refractivity contribution in [1.82, 2.24) is 15.6 Å². The molecule has 1 saturated heterocycles. The minimum absolute atomic E-state index is 0.0787. The summed E-state index contributed by atoms with van der Waals surface area (Å²) in [5, 5.41) is 5.15. The topological polar surface area (TPSA) is 83.6 Å². The lowest BCUT2D eigenvalue weighted by atomic mass is 9.86. The second kappa shape index (κ2) is 10.9. The second-order valence-corrected chi connectivity index (χ2v) is 9.33. The van der Waals surface area contributed by atoms with Gasteiger partial charge in [0, 0.05) is 47.8 Å². The summed E-state index contributed by atoms with van der Waals surface area (Å²) in [5.41, 5.74) is -0.469. The highest BCUT2D eigenvalue weighted by molar-refractivity contribution is 6.02. The maximum atomic E-state index is 15.1. The molecule has 7 nitrogen and oxygen atoms in total. The van der Waals surface area contributed by atoms with Crippen LogP contribution >= 0.6 is 0 Å². The minimum atomic E-state index is -2.43. The number of carbonyl (C=O) groups is 2. The van der Waals surface area contributed by atoms with Crippen LogP contribution in [0.2, 0.25) is 0 Å². The minimum Gasteiger partial charge on any atom is -0.497 e. The van der Waals surface area contributed by atoms with E-state index >= 15 is 8.78 Å². The molecule has 2 heterocycles. The summed E-state index contributed by atoms with van der Waals surface area (Å²) >= 11 is 0. The normalized spacial score (nSPS) is 25.9. The summed E-state index contributed by atoms with van der Waals surface area (Å²) in [4.78, 5) is 31.2. The van der Waals surface area contributed by atoms with Crippen molar-refractivity contribution in [1.29, 1.82) is 0 Å². The van der Waals surface area contributed by atoms with Crippen molar-refractivity contribution in [2.45, 2.75) is 63.1 Å². The van der Waals surface area contributed by atoms with Crippen molar-refractivity contribution < 1.29 is 36.3 Å². The molecule has 37 heavy (non-hydrogen) atoms. The quantitative estimate of drug-likeness (QED) is 0.543. The summed E-state index contributed by atoms with van der Waals surface area (Å²) < 4.78 is 75.6. The molecule has 2 aromatic rings. The fourth-order valence-corrected chi connectivity index (χ4v) is 5.24. The van der Waals surface area contributed by atoms with Crippen LogP contribution in [-0.4, -0.2) is 48.6 Å². The van der Waals surface area contributed by atoms with E-state index in [1.807, 2.05) is 0 Å². The number of alkyl halides is 2. The Morgan fingerprint density at radius 1 is 1.08 bits per heavy atom. The third-order valence-corrected chi connectivity index (χ3v) is 7.13. The fourth-order valence-electron chi connectivity index (χ4n) is 5.24. The standard InChI is InChI=1S/C25H27F5N4O3/c1-12-19(20-17(27)10-15(37-2)11-18(20)28)21(24(35)34(12)23-16(26)4-3-9-31-23)33-25(36)32-14-7-5-13(6-8-14)22(29)30/h3-4,9-14,19,21-22H,5-8H2,1-2H3,(H2,32,33,36)/t12-,13-,14-,19-,21?/m0/s1. The maximum Gasteiger partial charge on any atom is 0.315 e. The van der Waals surface area contributed by atoms with Crippen molar-refractivity contribution in [2.75, 3.05) is 12.0 Å². The lowest BCUT2D eigenvalue weighted by Crippen LogP contribution is -2.51. The van der Waals surface area contributed by atoms with Gasteiger partial charge in [-0.05, 0) is 44.7 Å². The Balaban J connectivity index is 1.63. The Morgan fingerprint density at radius 2 is 1.73 bits per heavy atom. The lowest BCUT2D eigenvalue weighted by Gasteiger charge is -2.29. The van der Waals surface area contributed by atoms with Gasteiger partial charge in [-0.15, -0.1) is 0 Å². The molecule has 12 heteroatoms. The molecule has 4 rings (SSSR count). The Hall–Kier alpha value is -3.44. The third-order valence-electron chi connectivity index (χ3n) is 7.13. The molecule has 0 radical (unpaired) electrons.